The Balaban J connectivity index is 1.65. The molecule has 0 amide bonds. The molecule has 0 saturated carbocycles. The number of halogens is 1. The van der Waals surface area contributed by atoms with Gasteiger partial charge in [-0.05, 0) is 55.6 Å². The Bertz CT molecular complexity index is 1300. The highest BCUT2D eigenvalue weighted by Gasteiger charge is 2.17. The third kappa shape index (κ3) is 3.13. The Morgan fingerprint density at radius 3 is 2.83 bits per heavy atom. The molecule has 7 nitrogen and oxygen atoms in total. The maximum atomic E-state index is 14.8. The van der Waals surface area contributed by atoms with Crippen molar-refractivity contribution in [3.63, 3.8) is 0 Å². The third-order valence-electron chi connectivity index (χ3n) is 4.73. The van der Waals surface area contributed by atoms with Crippen molar-refractivity contribution in [2.45, 2.75) is 6.54 Å². The molecule has 2 N–H and O–H groups in total. The van der Waals surface area contributed by atoms with Crippen molar-refractivity contribution in [1.82, 2.24) is 35.0 Å². The SMILES string of the molecule is CN(C)Cc1cncc(-c2cc(F)c3n[nH]c(-c4nc5ncccc5[nH]4)c3c2)c1. The summed E-state index contributed by atoms with van der Waals surface area (Å²) < 4.78 is 14.8. The lowest BCUT2D eigenvalue weighted by Crippen LogP contribution is -2.10. The molecule has 4 heterocycles. The van der Waals surface area contributed by atoms with Crippen molar-refractivity contribution in [2.24, 2.45) is 0 Å². The molecule has 0 bridgehead atoms. The molecule has 144 valence electrons. The molecule has 0 aliphatic rings. The normalized spacial score (nSPS) is 11.7. The van der Waals surface area contributed by atoms with Crippen LogP contribution in [-0.4, -0.2) is 49.1 Å². The number of hydrogen-bond donors (Lipinski definition) is 2. The summed E-state index contributed by atoms with van der Waals surface area (Å²) >= 11 is 0. The second-order valence-electron chi connectivity index (χ2n) is 7.23. The van der Waals surface area contributed by atoms with E-state index in [1.807, 2.05) is 44.6 Å². The quantitative estimate of drug-likeness (QED) is 0.490. The summed E-state index contributed by atoms with van der Waals surface area (Å²) in [6.07, 6.45) is 5.25. The smallest absolute Gasteiger partial charge is 0.178 e. The van der Waals surface area contributed by atoms with E-state index in [4.69, 9.17) is 0 Å². The maximum Gasteiger partial charge on any atom is 0.178 e. The van der Waals surface area contributed by atoms with E-state index < -0.39 is 5.82 Å². The molecule has 5 rings (SSSR count). The number of fused-ring (bicyclic) bond motifs is 2. The number of nitrogens with zero attached hydrogens (tertiary/aromatic N) is 5. The monoisotopic (exact) mass is 387 g/mol. The number of imidazole rings is 1. The highest BCUT2D eigenvalue weighted by molar-refractivity contribution is 5.95. The van der Waals surface area contributed by atoms with Gasteiger partial charge in [0, 0.05) is 36.1 Å². The summed E-state index contributed by atoms with van der Waals surface area (Å²) in [4.78, 5) is 18.4. The van der Waals surface area contributed by atoms with E-state index in [1.165, 1.54) is 6.07 Å². The molecule has 29 heavy (non-hydrogen) atoms. The highest BCUT2D eigenvalue weighted by Crippen LogP contribution is 2.32. The zero-order valence-corrected chi connectivity index (χ0v) is 15.9. The first-order valence-corrected chi connectivity index (χ1v) is 9.16. The van der Waals surface area contributed by atoms with Gasteiger partial charge in [-0.1, -0.05) is 0 Å². The van der Waals surface area contributed by atoms with Gasteiger partial charge in [0.25, 0.3) is 0 Å². The zero-order valence-electron chi connectivity index (χ0n) is 15.9. The summed E-state index contributed by atoms with van der Waals surface area (Å²) in [6.45, 7) is 0.758. The van der Waals surface area contributed by atoms with Crippen molar-refractivity contribution < 1.29 is 4.39 Å². The number of pyridine rings is 2. The first-order valence-electron chi connectivity index (χ1n) is 9.16. The number of benzene rings is 1. The van der Waals surface area contributed by atoms with E-state index in [0.29, 0.717) is 22.6 Å². The molecule has 0 radical (unpaired) electrons. The van der Waals surface area contributed by atoms with Gasteiger partial charge in [0.15, 0.2) is 17.3 Å². The van der Waals surface area contributed by atoms with E-state index in [2.05, 4.69) is 35.0 Å². The van der Waals surface area contributed by atoms with Gasteiger partial charge in [0.1, 0.15) is 11.2 Å². The van der Waals surface area contributed by atoms with Gasteiger partial charge in [-0.15, -0.1) is 0 Å². The Morgan fingerprint density at radius 1 is 1.10 bits per heavy atom. The first kappa shape index (κ1) is 17.4. The zero-order chi connectivity index (χ0) is 20.0. The van der Waals surface area contributed by atoms with Crippen LogP contribution in [0, 0.1) is 5.82 Å². The van der Waals surface area contributed by atoms with Crippen molar-refractivity contribution in [3.8, 4) is 22.6 Å². The maximum absolute atomic E-state index is 14.8. The second-order valence-corrected chi connectivity index (χ2v) is 7.23. The molecule has 0 aliphatic carbocycles. The van der Waals surface area contributed by atoms with Crippen LogP contribution in [0.5, 0.6) is 0 Å². The van der Waals surface area contributed by atoms with Gasteiger partial charge in [-0.25, -0.2) is 14.4 Å². The van der Waals surface area contributed by atoms with Crippen LogP contribution in [0.25, 0.3) is 44.7 Å². The van der Waals surface area contributed by atoms with Crippen LogP contribution in [-0.2, 0) is 6.54 Å². The van der Waals surface area contributed by atoms with Crippen LogP contribution in [0.2, 0.25) is 0 Å². The highest BCUT2D eigenvalue weighted by atomic mass is 19.1. The number of aromatic nitrogens is 6. The molecule has 0 fully saturated rings. The average Bonchev–Trinajstić information content (AvgIpc) is 3.31. The fraction of sp³-hybridized carbons (Fsp3) is 0.143. The lowest BCUT2D eigenvalue weighted by molar-refractivity contribution is 0.402. The van der Waals surface area contributed by atoms with Crippen molar-refractivity contribution >= 4 is 22.1 Å². The molecule has 8 heteroatoms. The summed E-state index contributed by atoms with van der Waals surface area (Å²) in [6, 6.07) is 9.16. The third-order valence-corrected chi connectivity index (χ3v) is 4.73. The minimum absolute atomic E-state index is 0.273. The van der Waals surface area contributed by atoms with Crippen LogP contribution < -0.4 is 0 Å². The number of nitrogens with one attached hydrogen (secondary N) is 2. The van der Waals surface area contributed by atoms with Gasteiger partial charge in [0.05, 0.1) is 5.52 Å². The Labute approximate surface area is 165 Å². The second kappa shape index (κ2) is 6.75. The van der Waals surface area contributed by atoms with Gasteiger partial charge in [-0.3, -0.25) is 10.1 Å². The topological polar surface area (TPSA) is 86.4 Å². The Kier molecular flexibility index (Phi) is 4.06. The average molecular weight is 387 g/mol. The van der Waals surface area contributed by atoms with E-state index in [9.17, 15) is 4.39 Å². The van der Waals surface area contributed by atoms with E-state index in [1.54, 1.807) is 12.4 Å². The van der Waals surface area contributed by atoms with E-state index in [-0.39, 0.29) is 5.52 Å². The largest absolute Gasteiger partial charge is 0.335 e. The predicted molar refractivity (Wildman–Crippen MR) is 110 cm³/mol. The number of H-pyrrole nitrogens is 2. The number of aromatic amines is 2. The van der Waals surface area contributed by atoms with Crippen molar-refractivity contribution in [3.05, 3.63) is 60.3 Å². The molecule has 4 aromatic heterocycles. The molecule has 0 saturated heterocycles. The molecular weight excluding hydrogens is 369 g/mol. The minimum atomic E-state index is -0.396. The van der Waals surface area contributed by atoms with Gasteiger partial charge in [-0.2, -0.15) is 5.10 Å². The lowest BCUT2D eigenvalue weighted by Gasteiger charge is -2.10. The molecule has 0 unspecified atom stereocenters. The first-order chi connectivity index (χ1) is 14.1. The molecule has 0 atom stereocenters. The Hall–Kier alpha value is -3.65. The summed E-state index contributed by atoms with van der Waals surface area (Å²) in [7, 11) is 4.00. The van der Waals surface area contributed by atoms with E-state index >= 15 is 0 Å². The van der Waals surface area contributed by atoms with Crippen molar-refractivity contribution in [2.75, 3.05) is 14.1 Å². The van der Waals surface area contributed by atoms with Crippen LogP contribution in [0.3, 0.4) is 0 Å². The van der Waals surface area contributed by atoms with Crippen LogP contribution in [0.1, 0.15) is 5.56 Å². The Morgan fingerprint density at radius 2 is 2.00 bits per heavy atom. The van der Waals surface area contributed by atoms with Crippen molar-refractivity contribution in [1.29, 1.82) is 0 Å². The van der Waals surface area contributed by atoms with Crippen LogP contribution >= 0.6 is 0 Å². The predicted octanol–water partition coefficient (Wildman–Crippen LogP) is 3.76. The van der Waals surface area contributed by atoms with Gasteiger partial charge >= 0.3 is 0 Å². The molecule has 1 aromatic carbocycles. The fourth-order valence-corrected chi connectivity index (χ4v) is 3.48. The van der Waals surface area contributed by atoms with Gasteiger partial charge < -0.3 is 9.88 Å². The molecule has 5 aromatic rings. The van der Waals surface area contributed by atoms with Crippen LogP contribution in [0.4, 0.5) is 4.39 Å². The standard InChI is InChI=1S/C21H18FN7/c1-29(2)11-12-6-14(10-23-9-12)13-7-15-18(16(22)8-13)27-28-19(15)21-25-17-4-3-5-24-20(17)26-21/h3-10H,11H2,1-2H3,(H,27,28)(H,24,25,26). The van der Waals surface area contributed by atoms with Crippen LogP contribution in [0.15, 0.2) is 48.9 Å². The minimum Gasteiger partial charge on any atom is -0.335 e. The number of hydrogen-bond acceptors (Lipinski definition) is 5. The molecule has 0 spiro atoms. The fourth-order valence-electron chi connectivity index (χ4n) is 3.48. The van der Waals surface area contributed by atoms with E-state index in [0.717, 1.165) is 28.8 Å². The molecule has 0 aliphatic heterocycles. The number of rotatable bonds is 4. The molecular formula is C21H18FN7. The van der Waals surface area contributed by atoms with Gasteiger partial charge in [0.2, 0.25) is 0 Å². The summed E-state index contributed by atoms with van der Waals surface area (Å²) in [5.74, 6) is 0.171. The summed E-state index contributed by atoms with van der Waals surface area (Å²) in [5, 5.41) is 7.72. The summed E-state index contributed by atoms with van der Waals surface area (Å²) in [5.41, 5.74) is 4.95. The lowest BCUT2D eigenvalue weighted by atomic mass is 10.0.